The fourth-order valence-electron chi connectivity index (χ4n) is 4.56. The number of aliphatic hydroxyl groups excluding tert-OH is 1. The van der Waals surface area contributed by atoms with Gasteiger partial charge in [0.2, 0.25) is 0 Å². The Balaban J connectivity index is 1.74. The molecule has 2 saturated carbocycles. The van der Waals surface area contributed by atoms with Crippen molar-refractivity contribution in [2.24, 2.45) is 17.3 Å². The second kappa shape index (κ2) is 3.83. The molecule has 3 fully saturated rings. The van der Waals surface area contributed by atoms with E-state index in [9.17, 15) is 5.11 Å². The SMILES string of the molecule is C=C1C[C@@]23C=CC4(C[C@H]2[C@@H](O)CC1C3)SCCS4. The number of allylic oxidation sites excluding steroid dienone is 2. The Bertz CT molecular complexity index is 424. The minimum atomic E-state index is -0.105. The maximum absolute atomic E-state index is 10.5. The first-order valence-corrected chi connectivity index (χ1v) is 8.94. The van der Waals surface area contributed by atoms with Crippen molar-refractivity contribution in [3.63, 3.8) is 0 Å². The van der Waals surface area contributed by atoms with Crippen LogP contribution in [0.15, 0.2) is 24.3 Å². The van der Waals surface area contributed by atoms with Crippen molar-refractivity contribution in [2.45, 2.75) is 35.9 Å². The lowest BCUT2D eigenvalue weighted by molar-refractivity contribution is -0.00619. The molecule has 4 rings (SSSR count). The highest BCUT2D eigenvalue weighted by Gasteiger charge is 2.56. The average molecular weight is 280 g/mol. The third-order valence-electron chi connectivity index (χ3n) is 5.44. The summed E-state index contributed by atoms with van der Waals surface area (Å²) in [7, 11) is 0. The van der Waals surface area contributed by atoms with Crippen LogP contribution in [0.4, 0.5) is 0 Å². The van der Waals surface area contributed by atoms with Gasteiger partial charge in [0.1, 0.15) is 0 Å². The van der Waals surface area contributed by atoms with Gasteiger partial charge in [-0.15, -0.1) is 23.5 Å². The van der Waals surface area contributed by atoms with Crippen LogP contribution < -0.4 is 0 Å². The lowest BCUT2D eigenvalue weighted by atomic mass is 9.62. The van der Waals surface area contributed by atoms with Crippen LogP contribution in [0.5, 0.6) is 0 Å². The van der Waals surface area contributed by atoms with Crippen molar-refractivity contribution < 1.29 is 5.11 Å². The van der Waals surface area contributed by atoms with Crippen LogP contribution in [0.3, 0.4) is 0 Å². The summed E-state index contributed by atoms with van der Waals surface area (Å²) < 4.78 is 0.285. The minimum Gasteiger partial charge on any atom is -0.393 e. The number of hydrogen-bond donors (Lipinski definition) is 1. The zero-order valence-corrected chi connectivity index (χ0v) is 12.2. The Morgan fingerprint density at radius 3 is 2.78 bits per heavy atom. The number of hydrogen-bond acceptors (Lipinski definition) is 3. The van der Waals surface area contributed by atoms with Crippen molar-refractivity contribution in [1.29, 1.82) is 0 Å². The molecule has 0 radical (unpaired) electrons. The van der Waals surface area contributed by atoms with E-state index in [1.807, 2.05) is 0 Å². The smallest absolute Gasteiger partial charge is 0.0796 e. The fraction of sp³-hybridized carbons (Fsp3) is 0.733. The zero-order valence-electron chi connectivity index (χ0n) is 10.6. The van der Waals surface area contributed by atoms with Gasteiger partial charge in [0, 0.05) is 11.5 Å². The highest BCUT2D eigenvalue weighted by molar-refractivity contribution is 8.21. The third kappa shape index (κ3) is 1.53. The predicted octanol–water partition coefficient (Wildman–Crippen LogP) is 3.46. The van der Waals surface area contributed by atoms with E-state index in [-0.39, 0.29) is 15.6 Å². The lowest BCUT2D eigenvalue weighted by Gasteiger charge is -2.48. The second-order valence-corrected chi connectivity index (χ2v) is 9.53. The summed E-state index contributed by atoms with van der Waals surface area (Å²) in [5.41, 5.74) is 1.65. The van der Waals surface area contributed by atoms with Crippen molar-refractivity contribution in [3.05, 3.63) is 24.3 Å². The molecule has 3 aliphatic carbocycles. The molecule has 1 N–H and O–H groups in total. The Morgan fingerprint density at radius 1 is 1.22 bits per heavy atom. The van der Waals surface area contributed by atoms with Crippen molar-refractivity contribution in [2.75, 3.05) is 11.5 Å². The van der Waals surface area contributed by atoms with Crippen molar-refractivity contribution in [3.8, 4) is 0 Å². The number of aliphatic hydroxyl groups is 1. The van der Waals surface area contributed by atoms with Crippen molar-refractivity contribution >= 4 is 23.5 Å². The molecule has 3 heteroatoms. The molecule has 1 unspecified atom stereocenters. The average Bonchev–Trinajstić information content (AvgIpc) is 2.88. The van der Waals surface area contributed by atoms with Gasteiger partial charge in [-0.25, -0.2) is 0 Å². The highest BCUT2D eigenvalue weighted by Crippen LogP contribution is 2.64. The minimum absolute atomic E-state index is 0.105. The molecule has 4 aliphatic rings. The molecule has 0 aromatic rings. The largest absolute Gasteiger partial charge is 0.393 e. The first-order chi connectivity index (χ1) is 8.63. The second-order valence-electron chi connectivity index (χ2n) is 6.42. The molecule has 4 atom stereocenters. The van der Waals surface area contributed by atoms with E-state index in [1.54, 1.807) is 0 Å². The molecule has 0 amide bonds. The van der Waals surface area contributed by atoms with E-state index >= 15 is 0 Å². The first kappa shape index (κ1) is 11.9. The number of rotatable bonds is 0. The summed E-state index contributed by atoms with van der Waals surface area (Å²) in [6.45, 7) is 4.25. The van der Waals surface area contributed by atoms with E-state index < -0.39 is 0 Å². The van der Waals surface area contributed by atoms with E-state index in [0.29, 0.717) is 11.8 Å². The quantitative estimate of drug-likeness (QED) is 0.686. The Kier molecular flexibility index (Phi) is 2.54. The van der Waals surface area contributed by atoms with Crippen LogP contribution in [-0.4, -0.2) is 26.8 Å². The molecule has 1 nitrogen and oxygen atoms in total. The molecule has 1 saturated heterocycles. The van der Waals surface area contributed by atoms with E-state index in [4.69, 9.17) is 0 Å². The van der Waals surface area contributed by atoms with Crippen LogP contribution >= 0.6 is 23.5 Å². The maximum atomic E-state index is 10.5. The summed E-state index contributed by atoms with van der Waals surface area (Å²) >= 11 is 4.18. The Hall–Kier alpha value is 0.140. The zero-order chi connectivity index (χ0) is 12.4. The molecule has 98 valence electrons. The van der Waals surface area contributed by atoms with Crippen LogP contribution in [0.25, 0.3) is 0 Å². The fourth-order valence-corrected chi connectivity index (χ4v) is 7.67. The van der Waals surface area contributed by atoms with Crippen LogP contribution in [0.2, 0.25) is 0 Å². The lowest BCUT2D eigenvalue weighted by Crippen LogP contribution is -2.45. The summed E-state index contributed by atoms with van der Waals surface area (Å²) in [6, 6.07) is 0. The van der Waals surface area contributed by atoms with Gasteiger partial charge in [-0.2, -0.15) is 0 Å². The normalized spacial score (nSPS) is 48.7. The molecular weight excluding hydrogens is 260 g/mol. The molecule has 2 spiro atoms. The van der Waals surface area contributed by atoms with Crippen LogP contribution in [0, 0.1) is 17.3 Å². The van der Waals surface area contributed by atoms with Crippen LogP contribution in [-0.2, 0) is 0 Å². The Labute approximate surface area is 117 Å². The topological polar surface area (TPSA) is 20.2 Å². The molecule has 0 aromatic heterocycles. The van der Waals surface area contributed by atoms with E-state index in [1.165, 1.54) is 29.9 Å². The highest BCUT2D eigenvalue weighted by atomic mass is 32.2. The van der Waals surface area contributed by atoms with E-state index in [0.717, 1.165) is 12.8 Å². The number of fused-ring (bicyclic) bond motifs is 1. The summed E-state index contributed by atoms with van der Waals surface area (Å²) in [5.74, 6) is 3.58. The molecule has 1 aliphatic heterocycles. The first-order valence-electron chi connectivity index (χ1n) is 6.97. The number of thioether (sulfide) groups is 2. The Morgan fingerprint density at radius 2 is 2.00 bits per heavy atom. The monoisotopic (exact) mass is 280 g/mol. The van der Waals surface area contributed by atoms with Crippen molar-refractivity contribution in [1.82, 2.24) is 0 Å². The standard InChI is InChI=1S/C15H20OS2/c1-10-7-14-2-3-15(17-4-5-18-15)9-12(14)13(16)6-11(10)8-14/h2-3,11-13,16H,1,4-9H2/t11?,12-,13-,14+/m0/s1. The predicted molar refractivity (Wildman–Crippen MR) is 79.8 cm³/mol. The van der Waals surface area contributed by atoms with Gasteiger partial charge in [0.25, 0.3) is 0 Å². The summed E-state index contributed by atoms with van der Waals surface area (Å²) in [4.78, 5) is 0. The van der Waals surface area contributed by atoms with Gasteiger partial charge < -0.3 is 5.11 Å². The molecular formula is C15H20OS2. The van der Waals surface area contributed by atoms with Gasteiger partial charge in [0.05, 0.1) is 10.2 Å². The van der Waals surface area contributed by atoms with E-state index in [2.05, 4.69) is 42.3 Å². The molecule has 1 heterocycles. The van der Waals surface area contributed by atoms with Gasteiger partial charge in [0.15, 0.2) is 0 Å². The maximum Gasteiger partial charge on any atom is 0.0796 e. The van der Waals surface area contributed by atoms with Gasteiger partial charge in [-0.1, -0.05) is 24.3 Å². The molecule has 2 bridgehead atoms. The summed E-state index contributed by atoms with van der Waals surface area (Å²) in [5, 5.41) is 10.5. The molecule has 0 aromatic carbocycles. The summed E-state index contributed by atoms with van der Waals surface area (Å²) in [6.07, 6.45) is 9.34. The molecule has 18 heavy (non-hydrogen) atoms. The van der Waals surface area contributed by atoms with Crippen LogP contribution in [0.1, 0.15) is 25.7 Å². The van der Waals surface area contributed by atoms with Gasteiger partial charge >= 0.3 is 0 Å². The van der Waals surface area contributed by atoms with Gasteiger partial charge in [-0.05, 0) is 42.9 Å². The van der Waals surface area contributed by atoms with Gasteiger partial charge in [-0.3, -0.25) is 0 Å². The third-order valence-corrected chi connectivity index (χ3v) is 8.80.